The molecule has 2 aromatic carbocycles. The van der Waals surface area contributed by atoms with Crippen LogP contribution in [0.5, 0.6) is 0 Å². The maximum Gasteiger partial charge on any atom is 0.221 e. The lowest BCUT2D eigenvalue weighted by molar-refractivity contribution is -0.114. The van der Waals surface area contributed by atoms with E-state index in [1.54, 1.807) is 0 Å². The van der Waals surface area contributed by atoms with Crippen molar-refractivity contribution in [1.82, 2.24) is 0 Å². The highest BCUT2D eigenvalue weighted by Crippen LogP contribution is 2.26. The molecular formula is C12H10BrNO. The molecule has 0 unspecified atom stereocenters. The lowest BCUT2D eigenvalue weighted by atomic mass is 10.1. The molecule has 1 amide bonds. The fourth-order valence-corrected chi connectivity index (χ4v) is 1.90. The van der Waals surface area contributed by atoms with Crippen molar-refractivity contribution >= 4 is 38.3 Å². The van der Waals surface area contributed by atoms with Gasteiger partial charge in [0.1, 0.15) is 0 Å². The Morgan fingerprint density at radius 3 is 2.80 bits per heavy atom. The van der Waals surface area contributed by atoms with Crippen molar-refractivity contribution in [3.05, 3.63) is 40.9 Å². The summed E-state index contributed by atoms with van der Waals surface area (Å²) in [6.45, 7) is 1.51. The van der Waals surface area contributed by atoms with Crippen LogP contribution in [0.1, 0.15) is 6.92 Å². The number of benzene rings is 2. The molecule has 0 aromatic heterocycles. The Hall–Kier alpha value is -1.35. The van der Waals surface area contributed by atoms with Gasteiger partial charge in [-0.3, -0.25) is 4.79 Å². The number of halogens is 1. The molecule has 0 bridgehead atoms. The predicted octanol–water partition coefficient (Wildman–Crippen LogP) is 3.56. The van der Waals surface area contributed by atoms with Gasteiger partial charge in [0.2, 0.25) is 5.91 Å². The summed E-state index contributed by atoms with van der Waals surface area (Å²) in [5.41, 5.74) is 0.848. The number of amides is 1. The standard InChI is InChI=1S/C12H10BrNO/c1-8(15)14-12-4-2-3-9-5-6-10(13)7-11(9)12/h2-7H,1H3,(H,14,15). The van der Waals surface area contributed by atoms with Crippen LogP contribution in [0.25, 0.3) is 10.8 Å². The number of carbonyl (C=O) groups is 1. The predicted molar refractivity (Wildman–Crippen MR) is 66.0 cm³/mol. The molecule has 0 aliphatic rings. The summed E-state index contributed by atoms with van der Waals surface area (Å²) in [5.74, 6) is -0.0533. The van der Waals surface area contributed by atoms with Gasteiger partial charge in [-0.1, -0.05) is 34.1 Å². The number of nitrogens with one attached hydrogen (secondary N) is 1. The molecule has 76 valence electrons. The first kappa shape index (κ1) is 10.2. The summed E-state index contributed by atoms with van der Waals surface area (Å²) < 4.78 is 1.01. The summed E-state index contributed by atoms with van der Waals surface area (Å²) >= 11 is 3.42. The third kappa shape index (κ3) is 2.18. The van der Waals surface area contributed by atoms with Crippen LogP contribution in [0.3, 0.4) is 0 Å². The van der Waals surface area contributed by atoms with Crippen LogP contribution in [0.2, 0.25) is 0 Å². The van der Waals surface area contributed by atoms with Crippen molar-refractivity contribution in [2.24, 2.45) is 0 Å². The number of hydrogen-bond donors (Lipinski definition) is 1. The number of fused-ring (bicyclic) bond motifs is 1. The quantitative estimate of drug-likeness (QED) is 0.838. The van der Waals surface area contributed by atoms with E-state index in [1.165, 1.54) is 6.92 Å². The van der Waals surface area contributed by atoms with Crippen LogP contribution in [0.15, 0.2) is 40.9 Å². The van der Waals surface area contributed by atoms with Gasteiger partial charge in [-0.05, 0) is 23.6 Å². The number of carbonyl (C=O) groups excluding carboxylic acids is 1. The number of hydrogen-bond acceptors (Lipinski definition) is 1. The topological polar surface area (TPSA) is 29.1 Å². The maximum atomic E-state index is 11.0. The maximum absolute atomic E-state index is 11.0. The van der Waals surface area contributed by atoms with Crippen molar-refractivity contribution in [1.29, 1.82) is 0 Å². The summed E-state index contributed by atoms with van der Waals surface area (Å²) in [5, 5.41) is 4.97. The van der Waals surface area contributed by atoms with E-state index in [2.05, 4.69) is 21.2 Å². The van der Waals surface area contributed by atoms with E-state index >= 15 is 0 Å². The van der Waals surface area contributed by atoms with Gasteiger partial charge in [0.15, 0.2) is 0 Å². The van der Waals surface area contributed by atoms with Crippen molar-refractivity contribution in [2.45, 2.75) is 6.92 Å². The van der Waals surface area contributed by atoms with Crippen LogP contribution in [-0.4, -0.2) is 5.91 Å². The second-order valence-electron chi connectivity index (χ2n) is 3.35. The highest BCUT2D eigenvalue weighted by molar-refractivity contribution is 9.10. The molecule has 0 aliphatic carbocycles. The van der Waals surface area contributed by atoms with Gasteiger partial charge >= 0.3 is 0 Å². The average Bonchev–Trinajstić information content (AvgIpc) is 2.18. The third-order valence-corrected chi connectivity index (χ3v) is 2.65. The van der Waals surface area contributed by atoms with Crippen LogP contribution < -0.4 is 5.32 Å². The first-order valence-electron chi connectivity index (χ1n) is 4.63. The van der Waals surface area contributed by atoms with Crippen molar-refractivity contribution < 1.29 is 4.79 Å². The minimum Gasteiger partial charge on any atom is -0.326 e. The van der Waals surface area contributed by atoms with E-state index in [-0.39, 0.29) is 5.91 Å². The van der Waals surface area contributed by atoms with Gasteiger partial charge in [-0.25, -0.2) is 0 Å². The molecule has 0 radical (unpaired) electrons. The van der Waals surface area contributed by atoms with Crippen molar-refractivity contribution in [3.63, 3.8) is 0 Å². The highest BCUT2D eigenvalue weighted by atomic mass is 79.9. The second kappa shape index (κ2) is 4.03. The SMILES string of the molecule is CC(=O)Nc1cccc2ccc(Br)cc12. The number of rotatable bonds is 1. The van der Waals surface area contributed by atoms with Crippen molar-refractivity contribution in [2.75, 3.05) is 5.32 Å². The largest absolute Gasteiger partial charge is 0.326 e. The molecule has 2 nitrogen and oxygen atoms in total. The van der Waals surface area contributed by atoms with Crippen LogP contribution in [0.4, 0.5) is 5.69 Å². The first-order chi connectivity index (χ1) is 7.16. The zero-order chi connectivity index (χ0) is 10.8. The Kier molecular flexibility index (Phi) is 2.73. The molecular weight excluding hydrogens is 254 g/mol. The Balaban J connectivity index is 2.63. The van der Waals surface area contributed by atoms with Gasteiger partial charge in [0.05, 0.1) is 0 Å². The third-order valence-electron chi connectivity index (χ3n) is 2.15. The molecule has 0 heterocycles. The second-order valence-corrected chi connectivity index (χ2v) is 4.27. The molecule has 2 aromatic rings. The molecule has 1 N–H and O–H groups in total. The van der Waals surface area contributed by atoms with E-state index in [0.29, 0.717) is 0 Å². The number of anilines is 1. The molecule has 0 atom stereocenters. The van der Waals surface area contributed by atoms with Gasteiger partial charge in [-0.15, -0.1) is 0 Å². The Bertz CT molecular complexity index is 522. The molecule has 0 saturated carbocycles. The van der Waals surface area contributed by atoms with E-state index < -0.39 is 0 Å². The Labute approximate surface area is 96.4 Å². The molecule has 0 aliphatic heterocycles. The fourth-order valence-electron chi connectivity index (χ4n) is 1.54. The first-order valence-corrected chi connectivity index (χ1v) is 5.42. The molecule has 3 heteroatoms. The summed E-state index contributed by atoms with van der Waals surface area (Å²) in [4.78, 5) is 11.0. The van der Waals surface area contributed by atoms with Gasteiger partial charge in [0, 0.05) is 22.5 Å². The minimum absolute atomic E-state index is 0.0533. The van der Waals surface area contributed by atoms with E-state index in [9.17, 15) is 4.79 Å². The monoisotopic (exact) mass is 263 g/mol. The molecule has 0 spiro atoms. The van der Waals surface area contributed by atoms with E-state index in [1.807, 2.05) is 36.4 Å². The lowest BCUT2D eigenvalue weighted by Crippen LogP contribution is -2.05. The van der Waals surface area contributed by atoms with Gasteiger partial charge in [-0.2, -0.15) is 0 Å². The smallest absolute Gasteiger partial charge is 0.221 e. The molecule has 2 rings (SSSR count). The Morgan fingerprint density at radius 1 is 1.27 bits per heavy atom. The van der Waals surface area contributed by atoms with Gasteiger partial charge < -0.3 is 5.32 Å². The molecule has 0 fully saturated rings. The van der Waals surface area contributed by atoms with Crippen LogP contribution >= 0.6 is 15.9 Å². The summed E-state index contributed by atoms with van der Waals surface area (Å²) in [6.07, 6.45) is 0. The fraction of sp³-hybridized carbons (Fsp3) is 0.0833. The van der Waals surface area contributed by atoms with E-state index in [4.69, 9.17) is 0 Å². The average molecular weight is 264 g/mol. The molecule has 15 heavy (non-hydrogen) atoms. The molecule has 0 saturated heterocycles. The van der Waals surface area contributed by atoms with Crippen molar-refractivity contribution in [3.8, 4) is 0 Å². The Morgan fingerprint density at radius 2 is 2.07 bits per heavy atom. The normalized spacial score (nSPS) is 10.3. The van der Waals surface area contributed by atoms with Crippen LogP contribution in [0, 0.1) is 0 Å². The van der Waals surface area contributed by atoms with Gasteiger partial charge in [0.25, 0.3) is 0 Å². The zero-order valence-corrected chi connectivity index (χ0v) is 9.84. The zero-order valence-electron chi connectivity index (χ0n) is 8.25. The summed E-state index contributed by atoms with van der Waals surface area (Å²) in [6, 6.07) is 11.9. The summed E-state index contributed by atoms with van der Waals surface area (Å²) in [7, 11) is 0. The van der Waals surface area contributed by atoms with Crippen LogP contribution in [-0.2, 0) is 4.79 Å². The highest BCUT2D eigenvalue weighted by Gasteiger charge is 2.02. The minimum atomic E-state index is -0.0533. The van der Waals surface area contributed by atoms with E-state index in [0.717, 1.165) is 20.9 Å². The lowest BCUT2D eigenvalue weighted by Gasteiger charge is -2.06.